The number of rotatable bonds is 4. The summed E-state index contributed by atoms with van der Waals surface area (Å²) in [6, 6.07) is 11.7. The maximum absolute atomic E-state index is 12.6. The number of oxazole rings is 1. The van der Waals surface area contributed by atoms with Crippen LogP contribution in [0.25, 0.3) is 11.1 Å². The smallest absolute Gasteiger partial charge is 0.299 e. The van der Waals surface area contributed by atoms with Gasteiger partial charge in [-0.1, -0.05) is 18.2 Å². The van der Waals surface area contributed by atoms with E-state index in [2.05, 4.69) is 15.3 Å². The molecule has 1 atom stereocenters. The summed E-state index contributed by atoms with van der Waals surface area (Å²) in [5, 5.41) is 2.98. The van der Waals surface area contributed by atoms with E-state index in [-0.39, 0.29) is 11.9 Å². The zero-order valence-electron chi connectivity index (χ0n) is 13.2. The van der Waals surface area contributed by atoms with Crippen LogP contribution in [0.15, 0.2) is 53.2 Å². The van der Waals surface area contributed by atoms with E-state index >= 15 is 0 Å². The van der Waals surface area contributed by atoms with Crippen molar-refractivity contribution in [1.29, 1.82) is 0 Å². The highest BCUT2D eigenvalue weighted by Crippen LogP contribution is 2.28. The summed E-state index contributed by atoms with van der Waals surface area (Å²) >= 11 is 0. The number of carbonyl (C=O) groups is 1. The predicted octanol–water partition coefficient (Wildman–Crippen LogP) is 2.51. The number of para-hydroxylation sites is 2. The fraction of sp³-hybridized carbons (Fsp3) is 0.278. The number of nitrogens with zero attached hydrogens (tertiary/aromatic N) is 3. The van der Waals surface area contributed by atoms with Crippen molar-refractivity contribution in [2.24, 2.45) is 0 Å². The second-order valence-electron chi connectivity index (χ2n) is 5.89. The Morgan fingerprint density at radius 3 is 3.04 bits per heavy atom. The molecular formula is C18H18N4O2. The number of nitrogens with one attached hydrogen (secondary N) is 1. The maximum atomic E-state index is 12.6. The van der Waals surface area contributed by atoms with E-state index in [0.29, 0.717) is 12.6 Å². The van der Waals surface area contributed by atoms with Crippen LogP contribution < -0.4 is 10.2 Å². The lowest BCUT2D eigenvalue weighted by atomic mass is 10.2. The molecule has 6 heteroatoms. The number of aromatic nitrogens is 2. The number of fused-ring (bicyclic) bond motifs is 1. The van der Waals surface area contributed by atoms with Crippen LogP contribution in [-0.4, -0.2) is 28.5 Å². The first-order valence-corrected chi connectivity index (χ1v) is 8.10. The zero-order valence-corrected chi connectivity index (χ0v) is 13.2. The molecule has 1 amide bonds. The second-order valence-corrected chi connectivity index (χ2v) is 5.89. The van der Waals surface area contributed by atoms with E-state index in [1.54, 1.807) is 12.4 Å². The monoisotopic (exact) mass is 322 g/mol. The summed E-state index contributed by atoms with van der Waals surface area (Å²) in [6.07, 6.45) is 5.23. The predicted molar refractivity (Wildman–Crippen MR) is 90.5 cm³/mol. The van der Waals surface area contributed by atoms with Crippen LogP contribution in [0.1, 0.15) is 18.4 Å². The van der Waals surface area contributed by atoms with Crippen LogP contribution in [-0.2, 0) is 11.3 Å². The summed E-state index contributed by atoms with van der Waals surface area (Å²) in [4.78, 5) is 23.1. The summed E-state index contributed by atoms with van der Waals surface area (Å²) in [5.41, 5.74) is 2.54. The van der Waals surface area contributed by atoms with Crippen LogP contribution in [0.2, 0.25) is 0 Å². The van der Waals surface area contributed by atoms with E-state index in [4.69, 9.17) is 4.42 Å². The van der Waals surface area contributed by atoms with Gasteiger partial charge in [-0.2, -0.15) is 4.98 Å². The molecule has 1 aliphatic rings. The average Bonchev–Trinajstić information content (AvgIpc) is 3.26. The molecule has 3 heterocycles. The molecule has 1 aliphatic heterocycles. The number of carbonyl (C=O) groups excluding carboxylic acids is 1. The van der Waals surface area contributed by atoms with E-state index in [0.717, 1.165) is 36.0 Å². The molecule has 2 aromatic heterocycles. The van der Waals surface area contributed by atoms with E-state index in [1.807, 2.05) is 41.3 Å². The van der Waals surface area contributed by atoms with Gasteiger partial charge in [-0.25, -0.2) is 0 Å². The molecule has 24 heavy (non-hydrogen) atoms. The van der Waals surface area contributed by atoms with Crippen molar-refractivity contribution >= 4 is 23.0 Å². The fourth-order valence-electron chi connectivity index (χ4n) is 3.06. The third kappa shape index (κ3) is 2.82. The Hall–Kier alpha value is -2.89. The molecule has 6 nitrogen and oxygen atoms in total. The van der Waals surface area contributed by atoms with Gasteiger partial charge in [0.1, 0.15) is 11.6 Å². The quantitative estimate of drug-likeness (QED) is 0.799. The Kier molecular flexibility index (Phi) is 3.86. The highest BCUT2D eigenvalue weighted by Gasteiger charge is 2.33. The van der Waals surface area contributed by atoms with Crippen molar-refractivity contribution < 1.29 is 9.21 Å². The van der Waals surface area contributed by atoms with Gasteiger partial charge < -0.3 is 14.6 Å². The lowest BCUT2D eigenvalue weighted by Gasteiger charge is -2.21. The van der Waals surface area contributed by atoms with E-state index in [1.165, 1.54) is 0 Å². The van der Waals surface area contributed by atoms with Crippen LogP contribution in [0.3, 0.4) is 0 Å². The number of amides is 1. The Balaban J connectivity index is 1.48. The van der Waals surface area contributed by atoms with Crippen molar-refractivity contribution in [2.45, 2.75) is 25.4 Å². The molecular weight excluding hydrogens is 304 g/mol. The Morgan fingerprint density at radius 2 is 2.21 bits per heavy atom. The first kappa shape index (κ1) is 14.7. The number of anilines is 1. The lowest BCUT2D eigenvalue weighted by molar-refractivity contribution is -0.122. The minimum atomic E-state index is -0.241. The van der Waals surface area contributed by atoms with Gasteiger partial charge in [0.15, 0.2) is 5.58 Å². The van der Waals surface area contributed by atoms with Gasteiger partial charge in [-0.05, 0) is 36.6 Å². The maximum Gasteiger partial charge on any atom is 0.299 e. The summed E-state index contributed by atoms with van der Waals surface area (Å²) in [5.74, 6) is -0.00129. The SMILES string of the molecule is O=C(NCc1cccnc1)C1CCCN1c1nc2ccccc2o1. The molecule has 0 aliphatic carbocycles. The van der Waals surface area contributed by atoms with Gasteiger partial charge in [-0.3, -0.25) is 9.78 Å². The standard InChI is InChI=1S/C18H18N4O2/c23-17(20-12-13-5-3-9-19-11-13)15-7-4-10-22(15)18-21-14-6-1-2-8-16(14)24-18/h1-3,5-6,8-9,11,15H,4,7,10,12H2,(H,20,23). The van der Waals surface area contributed by atoms with Crippen LogP contribution in [0, 0.1) is 0 Å². The van der Waals surface area contributed by atoms with Crippen LogP contribution >= 0.6 is 0 Å². The molecule has 0 spiro atoms. The number of hydrogen-bond donors (Lipinski definition) is 1. The Labute approximate surface area is 139 Å². The van der Waals surface area contributed by atoms with Gasteiger partial charge in [0.05, 0.1) is 0 Å². The second kappa shape index (κ2) is 6.31. The molecule has 0 radical (unpaired) electrons. The molecule has 3 aromatic rings. The topological polar surface area (TPSA) is 71.3 Å². The molecule has 4 rings (SSSR count). The van der Waals surface area contributed by atoms with Crippen LogP contribution in [0.5, 0.6) is 0 Å². The van der Waals surface area contributed by atoms with Gasteiger partial charge in [-0.15, -0.1) is 0 Å². The number of pyridine rings is 1. The third-order valence-corrected chi connectivity index (χ3v) is 4.27. The third-order valence-electron chi connectivity index (χ3n) is 4.27. The van der Waals surface area contributed by atoms with Gasteiger partial charge in [0, 0.05) is 25.5 Å². The van der Waals surface area contributed by atoms with Gasteiger partial charge in [0.25, 0.3) is 6.01 Å². The molecule has 122 valence electrons. The molecule has 1 aromatic carbocycles. The summed E-state index contributed by atoms with van der Waals surface area (Å²) in [6.45, 7) is 1.25. The first-order valence-electron chi connectivity index (χ1n) is 8.10. The lowest BCUT2D eigenvalue weighted by Crippen LogP contribution is -2.43. The van der Waals surface area contributed by atoms with E-state index < -0.39 is 0 Å². The van der Waals surface area contributed by atoms with Crippen molar-refractivity contribution in [1.82, 2.24) is 15.3 Å². The van der Waals surface area contributed by atoms with Crippen molar-refractivity contribution in [3.8, 4) is 0 Å². The minimum Gasteiger partial charge on any atom is -0.423 e. The fourth-order valence-corrected chi connectivity index (χ4v) is 3.06. The average molecular weight is 322 g/mol. The number of benzene rings is 1. The van der Waals surface area contributed by atoms with Crippen molar-refractivity contribution in [2.75, 3.05) is 11.4 Å². The van der Waals surface area contributed by atoms with Gasteiger partial charge >= 0.3 is 0 Å². The first-order chi connectivity index (χ1) is 11.8. The number of hydrogen-bond acceptors (Lipinski definition) is 5. The van der Waals surface area contributed by atoms with Gasteiger partial charge in [0.2, 0.25) is 5.91 Å². The molecule has 0 bridgehead atoms. The molecule has 1 fully saturated rings. The molecule has 0 saturated carbocycles. The Bertz CT molecular complexity index is 813. The Morgan fingerprint density at radius 1 is 1.29 bits per heavy atom. The van der Waals surface area contributed by atoms with Crippen molar-refractivity contribution in [3.05, 3.63) is 54.4 Å². The largest absolute Gasteiger partial charge is 0.423 e. The van der Waals surface area contributed by atoms with Crippen LogP contribution in [0.4, 0.5) is 6.01 Å². The zero-order chi connectivity index (χ0) is 16.4. The van der Waals surface area contributed by atoms with Crippen molar-refractivity contribution in [3.63, 3.8) is 0 Å². The normalized spacial score (nSPS) is 17.3. The summed E-state index contributed by atoms with van der Waals surface area (Å²) < 4.78 is 5.82. The highest BCUT2D eigenvalue weighted by atomic mass is 16.4. The molecule has 1 unspecified atom stereocenters. The van der Waals surface area contributed by atoms with E-state index in [9.17, 15) is 4.79 Å². The molecule has 1 N–H and O–H groups in total. The minimum absolute atomic E-state index is 0.00129. The summed E-state index contributed by atoms with van der Waals surface area (Å²) in [7, 11) is 0. The molecule has 1 saturated heterocycles. The highest BCUT2D eigenvalue weighted by molar-refractivity contribution is 5.85.